The number of nitrogens with zero attached hydrogens (tertiary/aromatic N) is 3. The fraction of sp³-hybridized carbons (Fsp3) is 0.118. The van der Waals surface area contributed by atoms with Crippen LogP contribution in [0.1, 0.15) is 5.56 Å². The molecular formula is C17H16N4OS. The van der Waals surface area contributed by atoms with Crippen LogP contribution >= 0.6 is 11.8 Å². The second-order valence-corrected chi connectivity index (χ2v) is 5.96. The summed E-state index contributed by atoms with van der Waals surface area (Å²) in [5, 5.41) is 11.6. The van der Waals surface area contributed by atoms with Gasteiger partial charge in [-0.1, -0.05) is 47.7 Å². The van der Waals surface area contributed by atoms with Crippen molar-refractivity contribution in [2.45, 2.75) is 12.1 Å². The van der Waals surface area contributed by atoms with Crippen LogP contribution < -0.4 is 5.32 Å². The number of rotatable bonds is 5. The molecule has 3 aromatic rings. The molecule has 0 radical (unpaired) electrons. The van der Waals surface area contributed by atoms with E-state index in [1.807, 2.05) is 66.1 Å². The summed E-state index contributed by atoms with van der Waals surface area (Å²) < 4.78 is 1.86. The lowest BCUT2D eigenvalue weighted by Gasteiger charge is -2.07. The Balaban J connectivity index is 1.62. The zero-order chi connectivity index (χ0) is 16.1. The van der Waals surface area contributed by atoms with Gasteiger partial charge in [0.05, 0.1) is 5.75 Å². The van der Waals surface area contributed by atoms with E-state index < -0.39 is 0 Å². The number of benzene rings is 2. The maximum atomic E-state index is 12.1. The molecule has 3 rings (SSSR count). The number of anilines is 1. The largest absolute Gasteiger partial charge is 0.325 e. The first-order valence-corrected chi connectivity index (χ1v) is 8.16. The Labute approximate surface area is 138 Å². The third kappa shape index (κ3) is 3.98. The minimum absolute atomic E-state index is 0.0681. The van der Waals surface area contributed by atoms with Gasteiger partial charge in [-0.15, -0.1) is 10.2 Å². The van der Waals surface area contributed by atoms with Crippen molar-refractivity contribution in [1.82, 2.24) is 14.8 Å². The highest BCUT2D eigenvalue weighted by atomic mass is 32.2. The van der Waals surface area contributed by atoms with Crippen LogP contribution in [0.2, 0.25) is 0 Å². The Morgan fingerprint density at radius 3 is 2.61 bits per heavy atom. The molecule has 0 aliphatic carbocycles. The van der Waals surface area contributed by atoms with Crippen molar-refractivity contribution >= 4 is 23.4 Å². The Hall–Kier alpha value is -2.60. The molecule has 116 valence electrons. The SMILES string of the molecule is Cc1ccc(NC(=O)CSc2nncn2-c2ccccc2)cc1. The molecule has 0 saturated carbocycles. The molecule has 1 heterocycles. The van der Waals surface area contributed by atoms with Crippen molar-refractivity contribution < 1.29 is 4.79 Å². The maximum Gasteiger partial charge on any atom is 0.234 e. The monoisotopic (exact) mass is 324 g/mol. The highest BCUT2D eigenvalue weighted by Gasteiger charge is 2.10. The topological polar surface area (TPSA) is 59.8 Å². The van der Waals surface area contributed by atoms with Gasteiger partial charge in [-0.2, -0.15) is 0 Å². The second kappa shape index (κ2) is 7.11. The number of nitrogens with one attached hydrogen (secondary N) is 1. The number of aromatic nitrogens is 3. The van der Waals surface area contributed by atoms with Crippen molar-refractivity contribution in [3.8, 4) is 5.69 Å². The molecule has 0 unspecified atom stereocenters. The minimum Gasteiger partial charge on any atom is -0.325 e. The van der Waals surface area contributed by atoms with Crippen LogP contribution in [0.5, 0.6) is 0 Å². The van der Waals surface area contributed by atoms with Crippen LogP contribution in [-0.4, -0.2) is 26.4 Å². The number of carbonyl (C=O) groups excluding carboxylic acids is 1. The smallest absolute Gasteiger partial charge is 0.234 e. The predicted octanol–water partition coefficient (Wildman–Crippen LogP) is 3.31. The van der Waals surface area contributed by atoms with Gasteiger partial charge in [0.25, 0.3) is 0 Å². The van der Waals surface area contributed by atoms with Crippen LogP contribution in [0.15, 0.2) is 66.1 Å². The summed E-state index contributed by atoms with van der Waals surface area (Å²) >= 11 is 1.36. The minimum atomic E-state index is -0.0681. The molecular weight excluding hydrogens is 308 g/mol. The van der Waals surface area contributed by atoms with Gasteiger partial charge in [0.15, 0.2) is 5.16 Å². The molecule has 6 heteroatoms. The highest BCUT2D eigenvalue weighted by Crippen LogP contribution is 2.19. The molecule has 1 aromatic heterocycles. The lowest BCUT2D eigenvalue weighted by Crippen LogP contribution is -2.14. The number of para-hydroxylation sites is 1. The molecule has 2 aromatic carbocycles. The number of carbonyl (C=O) groups is 1. The fourth-order valence-corrected chi connectivity index (χ4v) is 2.78. The Morgan fingerprint density at radius 2 is 1.87 bits per heavy atom. The molecule has 0 bridgehead atoms. The molecule has 1 N–H and O–H groups in total. The van der Waals surface area contributed by atoms with Gasteiger partial charge in [-0.05, 0) is 31.2 Å². The van der Waals surface area contributed by atoms with E-state index >= 15 is 0 Å². The van der Waals surface area contributed by atoms with Crippen molar-refractivity contribution in [3.05, 3.63) is 66.5 Å². The standard InChI is InChI=1S/C17H16N4OS/c1-13-7-9-14(10-8-13)19-16(22)11-23-17-20-18-12-21(17)15-5-3-2-4-6-15/h2-10,12H,11H2,1H3,(H,19,22). The third-order valence-electron chi connectivity index (χ3n) is 3.22. The van der Waals surface area contributed by atoms with Crippen molar-refractivity contribution in [3.63, 3.8) is 0 Å². The molecule has 5 nitrogen and oxygen atoms in total. The van der Waals surface area contributed by atoms with E-state index in [4.69, 9.17) is 0 Å². The van der Waals surface area contributed by atoms with E-state index in [0.717, 1.165) is 16.9 Å². The van der Waals surface area contributed by atoms with E-state index in [0.29, 0.717) is 5.16 Å². The lowest BCUT2D eigenvalue weighted by molar-refractivity contribution is -0.113. The number of thioether (sulfide) groups is 1. The molecule has 0 spiro atoms. The summed E-state index contributed by atoms with van der Waals surface area (Å²) in [7, 11) is 0. The van der Waals surface area contributed by atoms with Crippen LogP contribution in [-0.2, 0) is 4.79 Å². The van der Waals surface area contributed by atoms with E-state index in [2.05, 4.69) is 15.5 Å². The van der Waals surface area contributed by atoms with Gasteiger partial charge in [-0.3, -0.25) is 9.36 Å². The molecule has 0 saturated heterocycles. The highest BCUT2D eigenvalue weighted by molar-refractivity contribution is 7.99. The second-order valence-electron chi connectivity index (χ2n) is 5.02. The quantitative estimate of drug-likeness (QED) is 0.732. The number of amides is 1. The van der Waals surface area contributed by atoms with E-state index in [9.17, 15) is 4.79 Å². The van der Waals surface area contributed by atoms with E-state index in [1.54, 1.807) is 6.33 Å². The van der Waals surface area contributed by atoms with Gasteiger partial charge >= 0.3 is 0 Å². The molecule has 0 fully saturated rings. The summed E-state index contributed by atoms with van der Waals surface area (Å²) in [5.41, 5.74) is 2.93. The Bertz CT molecular complexity index is 784. The first kappa shape index (κ1) is 15.3. The van der Waals surface area contributed by atoms with Crippen LogP contribution in [0.3, 0.4) is 0 Å². The Kier molecular flexibility index (Phi) is 4.73. The molecule has 1 amide bonds. The molecule has 23 heavy (non-hydrogen) atoms. The zero-order valence-electron chi connectivity index (χ0n) is 12.6. The first-order chi connectivity index (χ1) is 11.2. The lowest BCUT2D eigenvalue weighted by atomic mass is 10.2. The molecule has 0 atom stereocenters. The van der Waals surface area contributed by atoms with Crippen LogP contribution in [0.25, 0.3) is 5.69 Å². The van der Waals surface area contributed by atoms with Gasteiger partial charge in [0.2, 0.25) is 5.91 Å². The van der Waals surface area contributed by atoms with Crippen LogP contribution in [0, 0.1) is 6.92 Å². The van der Waals surface area contributed by atoms with Crippen molar-refractivity contribution in [2.75, 3.05) is 11.1 Å². The summed E-state index contributed by atoms with van der Waals surface area (Å²) in [6, 6.07) is 17.5. The summed E-state index contributed by atoms with van der Waals surface area (Å²) in [4.78, 5) is 12.1. The van der Waals surface area contributed by atoms with Crippen molar-refractivity contribution in [2.24, 2.45) is 0 Å². The molecule has 0 aliphatic rings. The number of hydrogen-bond donors (Lipinski definition) is 1. The van der Waals surface area contributed by atoms with Gasteiger partial charge < -0.3 is 5.32 Å². The maximum absolute atomic E-state index is 12.1. The van der Waals surface area contributed by atoms with E-state index in [1.165, 1.54) is 11.8 Å². The normalized spacial score (nSPS) is 10.5. The van der Waals surface area contributed by atoms with Gasteiger partial charge in [-0.25, -0.2) is 0 Å². The fourth-order valence-electron chi connectivity index (χ4n) is 2.05. The summed E-state index contributed by atoms with van der Waals surface area (Å²) in [6.45, 7) is 2.01. The van der Waals surface area contributed by atoms with Gasteiger partial charge in [0.1, 0.15) is 6.33 Å². The average molecular weight is 324 g/mol. The van der Waals surface area contributed by atoms with E-state index in [-0.39, 0.29) is 11.7 Å². The zero-order valence-corrected chi connectivity index (χ0v) is 13.5. The predicted molar refractivity (Wildman–Crippen MR) is 91.9 cm³/mol. The Morgan fingerprint density at radius 1 is 1.13 bits per heavy atom. The third-order valence-corrected chi connectivity index (χ3v) is 4.16. The van der Waals surface area contributed by atoms with Crippen molar-refractivity contribution in [1.29, 1.82) is 0 Å². The summed E-state index contributed by atoms with van der Waals surface area (Å²) in [6.07, 6.45) is 1.65. The summed E-state index contributed by atoms with van der Waals surface area (Å²) in [5.74, 6) is 0.209. The number of aryl methyl sites for hydroxylation is 1. The first-order valence-electron chi connectivity index (χ1n) is 7.17. The average Bonchev–Trinajstić information content (AvgIpc) is 3.04. The van der Waals surface area contributed by atoms with Gasteiger partial charge in [0, 0.05) is 11.4 Å². The van der Waals surface area contributed by atoms with Crippen LogP contribution in [0.4, 0.5) is 5.69 Å². The number of hydrogen-bond acceptors (Lipinski definition) is 4. The molecule has 0 aliphatic heterocycles.